The molecule has 0 radical (unpaired) electrons. The van der Waals surface area contributed by atoms with Gasteiger partial charge in [-0.3, -0.25) is 0 Å². The first kappa shape index (κ1) is 15.8. The Kier molecular flexibility index (Phi) is 3.74. The number of fused-ring (bicyclic) bond motifs is 2. The zero-order valence-corrected chi connectivity index (χ0v) is 15.0. The van der Waals surface area contributed by atoms with Crippen molar-refractivity contribution in [2.75, 3.05) is 18.6 Å². The summed E-state index contributed by atoms with van der Waals surface area (Å²) in [6.07, 6.45) is 0.937. The molecule has 2 aromatic carbocycles. The molecule has 4 aromatic rings. The third kappa shape index (κ3) is 2.70. The normalized spacial score (nSPS) is 13.6. The van der Waals surface area contributed by atoms with Gasteiger partial charge in [0.15, 0.2) is 11.5 Å². The van der Waals surface area contributed by atoms with Gasteiger partial charge in [0.1, 0.15) is 11.6 Å². The number of hydrogen-bond donors (Lipinski definition) is 0. The highest BCUT2D eigenvalue weighted by Crippen LogP contribution is 2.30. The molecule has 5 rings (SSSR count). The minimum absolute atomic E-state index is 0.747. The van der Waals surface area contributed by atoms with Crippen LogP contribution in [0.1, 0.15) is 11.1 Å². The molecule has 0 bridgehead atoms. The molecular formula is C21H19N5O. The van der Waals surface area contributed by atoms with Crippen molar-refractivity contribution in [3.63, 3.8) is 0 Å². The van der Waals surface area contributed by atoms with Crippen LogP contribution in [-0.4, -0.2) is 33.5 Å². The minimum atomic E-state index is 0.747. The highest BCUT2D eigenvalue weighted by molar-refractivity contribution is 5.60. The quantitative estimate of drug-likeness (QED) is 0.563. The van der Waals surface area contributed by atoms with E-state index >= 15 is 0 Å². The summed E-state index contributed by atoms with van der Waals surface area (Å²) in [4.78, 5) is 2.29. The molecular weight excluding hydrogens is 338 g/mol. The molecule has 27 heavy (non-hydrogen) atoms. The van der Waals surface area contributed by atoms with E-state index in [1.165, 1.54) is 11.1 Å². The Hall–Kier alpha value is -3.41. The van der Waals surface area contributed by atoms with Crippen LogP contribution in [0.5, 0.6) is 5.75 Å². The Bertz CT molecular complexity index is 1110. The van der Waals surface area contributed by atoms with Crippen molar-refractivity contribution < 1.29 is 4.74 Å². The summed E-state index contributed by atoms with van der Waals surface area (Å²) in [5.41, 5.74) is 4.33. The predicted octanol–water partition coefficient (Wildman–Crippen LogP) is 3.36. The van der Waals surface area contributed by atoms with Gasteiger partial charge < -0.3 is 9.64 Å². The Balaban J connectivity index is 1.52. The third-order valence-corrected chi connectivity index (χ3v) is 5.05. The molecule has 0 fully saturated rings. The van der Waals surface area contributed by atoms with Crippen molar-refractivity contribution in [3.05, 3.63) is 71.8 Å². The molecule has 0 N–H and O–H groups in total. The molecule has 6 nitrogen and oxygen atoms in total. The highest BCUT2D eigenvalue weighted by atomic mass is 16.5. The first-order chi connectivity index (χ1) is 13.3. The molecule has 134 valence electrons. The van der Waals surface area contributed by atoms with Crippen LogP contribution in [0.3, 0.4) is 0 Å². The second-order valence-corrected chi connectivity index (χ2v) is 6.62. The second kappa shape index (κ2) is 6.39. The zero-order chi connectivity index (χ0) is 18.2. The van der Waals surface area contributed by atoms with Gasteiger partial charge in [0, 0.05) is 24.2 Å². The van der Waals surface area contributed by atoms with Gasteiger partial charge in [-0.25, -0.2) is 0 Å². The average Bonchev–Trinajstić information content (AvgIpc) is 3.16. The highest BCUT2D eigenvalue weighted by Gasteiger charge is 2.21. The first-order valence-corrected chi connectivity index (χ1v) is 9.01. The Labute approximate surface area is 157 Å². The minimum Gasteiger partial charge on any atom is -0.496 e. The molecule has 0 spiro atoms. The van der Waals surface area contributed by atoms with Crippen molar-refractivity contribution in [3.8, 4) is 17.1 Å². The Morgan fingerprint density at radius 2 is 1.81 bits per heavy atom. The van der Waals surface area contributed by atoms with E-state index in [4.69, 9.17) is 9.84 Å². The van der Waals surface area contributed by atoms with Crippen molar-refractivity contribution in [1.29, 1.82) is 0 Å². The van der Waals surface area contributed by atoms with E-state index in [-0.39, 0.29) is 0 Å². The monoisotopic (exact) mass is 357 g/mol. The molecule has 0 atom stereocenters. The summed E-state index contributed by atoms with van der Waals surface area (Å²) in [5, 5.41) is 13.4. The standard InChI is InChI=1S/C21H19N5O/c1-27-18-9-5-8-16-14-25(13-12-17(16)18)20-11-10-19-22-23-21(26(19)24-20)15-6-3-2-4-7-15/h2-11H,12-14H2,1H3. The fourth-order valence-electron chi connectivity index (χ4n) is 3.68. The maximum Gasteiger partial charge on any atom is 0.185 e. The van der Waals surface area contributed by atoms with Gasteiger partial charge in [0.2, 0.25) is 0 Å². The van der Waals surface area contributed by atoms with Crippen molar-refractivity contribution in [2.45, 2.75) is 13.0 Å². The van der Waals surface area contributed by atoms with Gasteiger partial charge >= 0.3 is 0 Å². The van der Waals surface area contributed by atoms with E-state index in [0.29, 0.717) is 0 Å². The van der Waals surface area contributed by atoms with Crippen LogP contribution in [0.4, 0.5) is 5.82 Å². The summed E-state index contributed by atoms with van der Waals surface area (Å²) in [6.45, 7) is 1.71. The van der Waals surface area contributed by atoms with E-state index in [9.17, 15) is 0 Å². The Morgan fingerprint density at radius 3 is 2.67 bits per heavy atom. The van der Waals surface area contributed by atoms with Gasteiger partial charge in [0.05, 0.1) is 7.11 Å². The van der Waals surface area contributed by atoms with E-state index in [1.54, 1.807) is 7.11 Å². The van der Waals surface area contributed by atoms with Gasteiger partial charge in [-0.05, 0) is 30.2 Å². The van der Waals surface area contributed by atoms with Gasteiger partial charge in [-0.1, -0.05) is 42.5 Å². The number of benzene rings is 2. The summed E-state index contributed by atoms with van der Waals surface area (Å²) >= 11 is 0. The summed E-state index contributed by atoms with van der Waals surface area (Å²) in [5.74, 6) is 2.65. The summed E-state index contributed by atoms with van der Waals surface area (Å²) < 4.78 is 7.34. The van der Waals surface area contributed by atoms with Crippen molar-refractivity contribution in [1.82, 2.24) is 19.8 Å². The van der Waals surface area contributed by atoms with E-state index in [1.807, 2.05) is 59.1 Å². The van der Waals surface area contributed by atoms with Gasteiger partial charge in [-0.15, -0.1) is 15.3 Å². The number of hydrogen-bond acceptors (Lipinski definition) is 5. The van der Waals surface area contributed by atoms with Crippen LogP contribution in [0.15, 0.2) is 60.7 Å². The number of nitrogens with zero attached hydrogens (tertiary/aromatic N) is 5. The third-order valence-electron chi connectivity index (χ3n) is 5.05. The lowest BCUT2D eigenvalue weighted by atomic mass is 9.99. The van der Waals surface area contributed by atoms with Crippen LogP contribution in [0.25, 0.3) is 17.0 Å². The van der Waals surface area contributed by atoms with Crippen molar-refractivity contribution >= 4 is 11.5 Å². The number of rotatable bonds is 3. The lowest BCUT2D eigenvalue weighted by Gasteiger charge is -2.30. The lowest BCUT2D eigenvalue weighted by Crippen LogP contribution is -2.31. The first-order valence-electron chi connectivity index (χ1n) is 9.01. The predicted molar refractivity (Wildman–Crippen MR) is 104 cm³/mol. The van der Waals surface area contributed by atoms with Crippen LogP contribution in [-0.2, 0) is 13.0 Å². The van der Waals surface area contributed by atoms with Crippen LogP contribution >= 0.6 is 0 Å². The maximum absolute atomic E-state index is 5.51. The van der Waals surface area contributed by atoms with Crippen LogP contribution in [0, 0.1) is 0 Å². The van der Waals surface area contributed by atoms with E-state index in [2.05, 4.69) is 21.2 Å². The molecule has 0 amide bonds. The number of anilines is 1. The molecule has 2 aromatic heterocycles. The lowest BCUT2D eigenvalue weighted by molar-refractivity contribution is 0.407. The van der Waals surface area contributed by atoms with Crippen LogP contribution < -0.4 is 9.64 Å². The van der Waals surface area contributed by atoms with Crippen molar-refractivity contribution in [2.24, 2.45) is 0 Å². The number of aromatic nitrogens is 4. The number of ether oxygens (including phenoxy) is 1. The fourth-order valence-corrected chi connectivity index (χ4v) is 3.68. The average molecular weight is 357 g/mol. The molecule has 6 heteroatoms. The molecule has 0 saturated carbocycles. The molecule has 0 unspecified atom stereocenters. The smallest absolute Gasteiger partial charge is 0.185 e. The van der Waals surface area contributed by atoms with Gasteiger partial charge in [0.25, 0.3) is 0 Å². The summed E-state index contributed by atoms with van der Waals surface area (Å²) in [7, 11) is 1.73. The molecule has 0 saturated heterocycles. The molecule has 3 heterocycles. The fraction of sp³-hybridized carbons (Fsp3) is 0.190. The van der Waals surface area contributed by atoms with Gasteiger partial charge in [-0.2, -0.15) is 4.52 Å². The molecule has 1 aliphatic heterocycles. The molecule has 0 aliphatic carbocycles. The largest absolute Gasteiger partial charge is 0.496 e. The zero-order valence-electron chi connectivity index (χ0n) is 15.0. The van der Waals surface area contributed by atoms with E-state index < -0.39 is 0 Å². The van der Waals surface area contributed by atoms with Crippen LogP contribution in [0.2, 0.25) is 0 Å². The Morgan fingerprint density at radius 1 is 0.926 bits per heavy atom. The number of methoxy groups -OCH3 is 1. The topological polar surface area (TPSA) is 55.5 Å². The maximum atomic E-state index is 5.51. The SMILES string of the molecule is COc1cccc2c1CCN(c1ccc3nnc(-c4ccccc4)n3n1)C2. The second-order valence-electron chi connectivity index (χ2n) is 6.62. The summed E-state index contributed by atoms with van der Waals surface area (Å²) in [6, 6.07) is 20.3. The van der Waals surface area contributed by atoms with E-state index in [0.717, 1.165) is 48.1 Å². The molecule has 1 aliphatic rings.